The zero-order valence-electron chi connectivity index (χ0n) is 10.4. The minimum atomic E-state index is -0.598. The van der Waals surface area contributed by atoms with Crippen molar-refractivity contribution in [3.05, 3.63) is 0 Å². The lowest BCUT2D eigenvalue weighted by atomic mass is 9.87. The number of rotatable bonds is 4. The molecule has 0 spiro atoms. The fourth-order valence-electron chi connectivity index (χ4n) is 2.87. The molecular weight excluding hydrogens is 216 g/mol. The van der Waals surface area contributed by atoms with Crippen molar-refractivity contribution in [2.75, 3.05) is 19.8 Å². The van der Waals surface area contributed by atoms with Gasteiger partial charge in [-0.05, 0) is 38.0 Å². The predicted molar refractivity (Wildman–Crippen MR) is 64.3 cm³/mol. The molecule has 4 heteroatoms. The topological polar surface area (TPSA) is 68.3 Å². The average Bonchev–Trinajstić information content (AvgIpc) is 2.73. The Kier molecular flexibility index (Phi) is 4.38. The highest BCUT2D eigenvalue weighted by molar-refractivity contribution is 5.11. The number of hydrogen-bond donors (Lipinski definition) is 1. The van der Waals surface area contributed by atoms with E-state index in [2.05, 4.69) is 6.07 Å². The molecule has 4 nitrogen and oxygen atoms in total. The molecule has 0 aromatic heterocycles. The Morgan fingerprint density at radius 1 is 1.35 bits per heavy atom. The normalized spacial score (nSPS) is 34.7. The van der Waals surface area contributed by atoms with Gasteiger partial charge >= 0.3 is 0 Å². The third-order valence-electron chi connectivity index (χ3n) is 4.07. The van der Waals surface area contributed by atoms with Gasteiger partial charge in [-0.25, -0.2) is 0 Å². The quantitative estimate of drug-likeness (QED) is 0.807. The van der Waals surface area contributed by atoms with Crippen molar-refractivity contribution in [3.8, 4) is 6.07 Å². The van der Waals surface area contributed by atoms with Crippen LogP contribution in [0.3, 0.4) is 0 Å². The molecular formula is C13H22N2O2. The summed E-state index contributed by atoms with van der Waals surface area (Å²) in [5.74, 6) is 0.312. The van der Waals surface area contributed by atoms with Crippen molar-refractivity contribution in [1.29, 1.82) is 5.26 Å². The summed E-state index contributed by atoms with van der Waals surface area (Å²) >= 11 is 0. The zero-order valence-corrected chi connectivity index (χ0v) is 10.4. The van der Waals surface area contributed by atoms with Crippen LogP contribution in [0.15, 0.2) is 0 Å². The Morgan fingerprint density at radius 2 is 2.12 bits per heavy atom. The van der Waals surface area contributed by atoms with Crippen molar-refractivity contribution < 1.29 is 9.47 Å². The molecule has 1 aliphatic carbocycles. The molecule has 1 aliphatic heterocycles. The van der Waals surface area contributed by atoms with E-state index in [1.165, 1.54) is 0 Å². The van der Waals surface area contributed by atoms with E-state index in [1.807, 2.05) is 0 Å². The first kappa shape index (κ1) is 12.8. The fourth-order valence-corrected chi connectivity index (χ4v) is 2.87. The molecule has 2 aliphatic rings. The summed E-state index contributed by atoms with van der Waals surface area (Å²) in [5.41, 5.74) is 5.49. The largest absolute Gasteiger partial charge is 0.381 e. The smallest absolute Gasteiger partial charge is 0.107 e. The van der Waals surface area contributed by atoms with Crippen molar-refractivity contribution >= 4 is 0 Å². The lowest BCUT2D eigenvalue weighted by Crippen LogP contribution is -2.42. The van der Waals surface area contributed by atoms with Crippen molar-refractivity contribution in [2.24, 2.45) is 11.7 Å². The lowest BCUT2D eigenvalue weighted by Gasteiger charge is -2.26. The molecule has 1 saturated carbocycles. The van der Waals surface area contributed by atoms with Crippen LogP contribution in [0.25, 0.3) is 0 Å². The molecule has 1 heterocycles. The Bertz CT molecular complexity index is 284. The minimum Gasteiger partial charge on any atom is -0.381 e. The predicted octanol–water partition coefficient (Wildman–Crippen LogP) is 1.59. The first-order valence-electron chi connectivity index (χ1n) is 6.64. The Labute approximate surface area is 103 Å². The Balaban J connectivity index is 1.69. The second kappa shape index (κ2) is 5.81. The van der Waals surface area contributed by atoms with Gasteiger partial charge in [0, 0.05) is 19.8 Å². The first-order valence-corrected chi connectivity index (χ1v) is 6.64. The third-order valence-corrected chi connectivity index (χ3v) is 4.07. The molecule has 0 radical (unpaired) electrons. The maximum Gasteiger partial charge on any atom is 0.107 e. The zero-order chi connectivity index (χ0) is 12.1. The van der Waals surface area contributed by atoms with Crippen LogP contribution in [-0.4, -0.2) is 31.5 Å². The molecule has 2 rings (SSSR count). The van der Waals surface area contributed by atoms with Gasteiger partial charge in [-0.3, -0.25) is 0 Å². The number of nitrogens with zero attached hydrogens (tertiary/aromatic N) is 1. The molecule has 1 saturated heterocycles. The van der Waals surface area contributed by atoms with Crippen LogP contribution in [-0.2, 0) is 9.47 Å². The van der Waals surface area contributed by atoms with Crippen LogP contribution in [0.4, 0.5) is 0 Å². The van der Waals surface area contributed by atoms with E-state index in [-0.39, 0.29) is 0 Å². The van der Waals surface area contributed by atoms with E-state index in [4.69, 9.17) is 20.5 Å². The fraction of sp³-hybridized carbons (Fsp3) is 0.923. The van der Waals surface area contributed by atoms with Gasteiger partial charge in [0.1, 0.15) is 5.54 Å². The summed E-state index contributed by atoms with van der Waals surface area (Å²) in [6.07, 6.45) is 6.24. The van der Waals surface area contributed by atoms with Gasteiger partial charge in [-0.2, -0.15) is 5.26 Å². The summed E-state index contributed by atoms with van der Waals surface area (Å²) in [4.78, 5) is 0. The highest BCUT2D eigenvalue weighted by atomic mass is 16.5. The second-order valence-electron chi connectivity index (χ2n) is 5.21. The molecule has 0 aromatic rings. The van der Waals surface area contributed by atoms with Crippen LogP contribution in [0.2, 0.25) is 0 Å². The summed E-state index contributed by atoms with van der Waals surface area (Å²) in [5, 5.41) is 9.11. The van der Waals surface area contributed by atoms with Gasteiger partial charge in [0.05, 0.1) is 12.2 Å². The SMILES string of the molecule is N#CC1(N)CCCC1CCOC1CCOCC1. The van der Waals surface area contributed by atoms with Crippen LogP contribution in [0, 0.1) is 17.2 Å². The van der Waals surface area contributed by atoms with E-state index in [0.717, 1.165) is 58.3 Å². The Hall–Kier alpha value is -0.630. The molecule has 2 unspecified atom stereocenters. The highest BCUT2D eigenvalue weighted by Gasteiger charge is 2.39. The van der Waals surface area contributed by atoms with Crippen LogP contribution < -0.4 is 5.73 Å². The summed E-state index contributed by atoms with van der Waals surface area (Å²) in [6, 6.07) is 2.28. The number of nitrogens with two attached hydrogens (primary N) is 1. The first-order chi connectivity index (χ1) is 8.24. The summed E-state index contributed by atoms with van der Waals surface area (Å²) < 4.78 is 11.1. The minimum absolute atomic E-state index is 0.312. The molecule has 0 bridgehead atoms. The summed E-state index contributed by atoms with van der Waals surface area (Å²) in [7, 11) is 0. The van der Waals surface area contributed by atoms with E-state index < -0.39 is 5.54 Å². The van der Waals surface area contributed by atoms with Crippen molar-refractivity contribution in [1.82, 2.24) is 0 Å². The lowest BCUT2D eigenvalue weighted by molar-refractivity contribution is -0.0359. The molecule has 2 fully saturated rings. The molecule has 2 atom stereocenters. The van der Waals surface area contributed by atoms with E-state index in [1.54, 1.807) is 0 Å². The monoisotopic (exact) mass is 238 g/mol. The highest BCUT2D eigenvalue weighted by Crippen LogP contribution is 2.35. The second-order valence-corrected chi connectivity index (χ2v) is 5.21. The standard InChI is InChI=1S/C13H22N2O2/c14-10-13(15)6-1-2-11(13)3-9-17-12-4-7-16-8-5-12/h11-12H,1-9,15H2. The summed E-state index contributed by atoms with van der Waals surface area (Å²) in [6.45, 7) is 2.36. The number of ether oxygens (including phenoxy) is 2. The van der Waals surface area contributed by atoms with Crippen LogP contribution in [0.5, 0.6) is 0 Å². The molecule has 96 valence electrons. The van der Waals surface area contributed by atoms with Gasteiger partial charge in [0.2, 0.25) is 0 Å². The van der Waals surface area contributed by atoms with Gasteiger partial charge in [-0.1, -0.05) is 6.42 Å². The Morgan fingerprint density at radius 3 is 2.82 bits per heavy atom. The van der Waals surface area contributed by atoms with Crippen LogP contribution in [0.1, 0.15) is 38.5 Å². The van der Waals surface area contributed by atoms with Gasteiger partial charge in [0.15, 0.2) is 0 Å². The van der Waals surface area contributed by atoms with E-state index >= 15 is 0 Å². The maximum absolute atomic E-state index is 9.11. The molecule has 2 N–H and O–H groups in total. The molecule has 0 amide bonds. The van der Waals surface area contributed by atoms with E-state index in [0.29, 0.717) is 12.0 Å². The van der Waals surface area contributed by atoms with Crippen molar-refractivity contribution in [3.63, 3.8) is 0 Å². The van der Waals surface area contributed by atoms with E-state index in [9.17, 15) is 0 Å². The number of hydrogen-bond acceptors (Lipinski definition) is 4. The average molecular weight is 238 g/mol. The molecule has 17 heavy (non-hydrogen) atoms. The number of nitriles is 1. The van der Waals surface area contributed by atoms with Gasteiger partial charge in [0.25, 0.3) is 0 Å². The van der Waals surface area contributed by atoms with Gasteiger partial charge < -0.3 is 15.2 Å². The van der Waals surface area contributed by atoms with Crippen LogP contribution >= 0.6 is 0 Å². The van der Waals surface area contributed by atoms with Crippen molar-refractivity contribution in [2.45, 2.75) is 50.2 Å². The van der Waals surface area contributed by atoms with Gasteiger partial charge in [-0.15, -0.1) is 0 Å². The maximum atomic E-state index is 9.11. The third kappa shape index (κ3) is 3.19. The molecule has 0 aromatic carbocycles.